The maximum atomic E-state index is 12.2. The monoisotopic (exact) mass is 290 g/mol. The van der Waals surface area contributed by atoms with E-state index in [0.717, 1.165) is 11.1 Å². The number of benzene rings is 1. The first-order valence-corrected chi connectivity index (χ1v) is 6.81. The minimum Gasteiger partial charge on any atom is -0.465 e. The Morgan fingerprint density at radius 1 is 1.10 bits per heavy atom. The van der Waals surface area contributed by atoms with Gasteiger partial charge >= 0.3 is 11.9 Å². The second-order valence-electron chi connectivity index (χ2n) is 4.64. The van der Waals surface area contributed by atoms with Gasteiger partial charge in [-0.3, -0.25) is 0 Å². The Kier molecular flexibility index (Phi) is 5.51. The SMILES string of the molecule is COC(=O)C(C(=O)OCc1ccccc1)=C1CCOCC1. The molecule has 5 nitrogen and oxygen atoms in total. The fourth-order valence-corrected chi connectivity index (χ4v) is 2.14. The van der Waals surface area contributed by atoms with E-state index in [1.54, 1.807) is 0 Å². The maximum Gasteiger partial charge on any atom is 0.345 e. The Balaban J connectivity index is 2.09. The van der Waals surface area contributed by atoms with Crippen LogP contribution >= 0.6 is 0 Å². The van der Waals surface area contributed by atoms with E-state index in [1.165, 1.54) is 7.11 Å². The van der Waals surface area contributed by atoms with E-state index in [0.29, 0.717) is 26.1 Å². The Labute approximate surface area is 123 Å². The van der Waals surface area contributed by atoms with Crippen molar-refractivity contribution in [3.8, 4) is 0 Å². The normalized spacial score (nSPS) is 14.4. The van der Waals surface area contributed by atoms with Gasteiger partial charge in [0, 0.05) is 0 Å². The van der Waals surface area contributed by atoms with Crippen LogP contribution < -0.4 is 0 Å². The van der Waals surface area contributed by atoms with Gasteiger partial charge in [-0.15, -0.1) is 0 Å². The molecule has 5 heteroatoms. The predicted octanol–water partition coefficient (Wildman–Crippen LogP) is 2.01. The van der Waals surface area contributed by atoms with Crippen LogP contribution in [-0.2, 0) is 30.4 Å². The number of methoxy groups -OCH3 is 1. The summed E-state index contributed by atoms with van der Waals surface area (Å²) in [6.45, 7) is 1.13. The number of carbonyl (C=O) groups is 2. The van der Waals surface area contributed by atoms with Gasteiger partial charge in [-0.1, -0.05) is 30.3 Å². The first-order chi connectivity index (χ1) is 10.2. The third-order valence-electron chi connectivity index (χ3n) is 3.26. The van der Waals surface area contributed by atoms with Crippen molar-refractivity contribution in [1.29, 1.82) is 0 Å². The van der Waals surface area contributed by atoms with Crippen molar-refractivity contribution in [3.63, 3.8) is 0 Å². The van der Waals surface area contributed by atoms with Crippen LogP contribution in [0.4, 0.5) is 0 Å². The second-order valence-corrected chi connectivity index (χ2v) is 4.64. The predicted molar refractivity (Wildman–Crippen MR) is 75.3 cm³/mol. The smallest absolute Gasteiger partial charge is 0.345 e. The summed E-state index contributed by atoms with van der Waals surface area (Å²) in [7, 11) is 1.26. The molecule has 1 heterocycles. The van der Waals surface area contributed by atoms with Gasteiger partial charge in [-0.2, -0.15) is 0 Å². The van der Waals surface area contributed by atoms with Crippen molar-refractivity contribution in [2.75, 3.05) is 20.3 Å². The summed E-state index contributed by atoms with van der Waals surface area (Å²) in [6, 6.07) is 9.32. The van der Waals surface area contributed by atoms with Crippen LogP contribution in [0.1, 0.15) is 18.4 Å². The fourth-order valence-electron chi connectivity index (χ4n) is 2.14. The highest BCUT2D eigenvalue weighted by Gasteiger charge is 2.26. The van der Waals surface area contributed by atoms with E-state index >= 15 is 0 Å². The van der Waals surface area contributed by atoms with Gasteiger partial charge in [0.05, 0.1) is 20.3 Å². The largest absolute Gasteiger partial charge is 0.465 e. The molecule has 0 unspecified atom stereocenters. The standard InChI is InChI=1S/C16H18O5/c1-19-15(17)14(13-7-9-20-10-8-13)16(18)21-11-12-5-3-2-4-6-12/h2-6H,7-11H2,1H3. The van der Waals surface area contributed by atoms with Crippen molar-refractivity contribution >= 4 is 11.9 Å². The molecule has 0 spiro atoms. The lowest BCUT2D eigenvalue weighted by Gasteiger charge is -2.18. The van der Waals surface area contributed by atoms with Gasteiger partial charge in [-0.25, -0.2) is 9.59 Å². The topological polar surface area (TPSA) is 61.8 Å². The number of hydrogen-bond donors (Lipinski definition) is 0. The van der Waals surface area contributed by atoms with Crippen LogP contribution in [0.5, 0.6) is 0 Å². The molecule has 0 aromatic heterocycles. The summed E-state index contributed by atoms with van der Waals surface area (Å²) in [5.74, 6) is -1.28. The summed E-state index contributed by atoms with van der Waals surface area (Å²) < 4.78 is 15.2. The average molecular weight is 290 g/mol. The molecule has 0 bridgehead atoms. The Hall–Kier alpha value is -2.14. The average Bonchev–Trinajstić information content (AvgIpc) is 2.55. The molecule has 2 rings (SSSR count). The molecule has 1 saturated heterocycles. The lowest BCUT2D eigenvalue weighted by molar-refractivity contribution is -0.146. The summed E-state index contributed by atoms with van der Waals surface area (Å²) in [6.07, 6.45) is 1.09. The number of hydrogen-bond acceptors (Lipinski definition) is 5. The molecule has 0 radical (unpaired) electrons. The van der Waals surface area contributed by atoms with Crippen molar-refractivity contribution < 1.29 is 23.8 Å². The van der Waals surface area contributed by atoms with Gasteiger partial charge < -0.3 is 14.2 Å². The molecule has 1 aromatic rings. The zero-order valence-corrected chi connectivity index (χ0v) is 12.0. The van der Waals surface area contributed by atoms with E-state index in [2.05, 4.69) is 0 Å². The molecule has 21 heavy (non-hydrogen) atoms. The maximum absolute atomic E-state index is 12.2. The van der Waals surface area contributed by atoms with E-state index < -0.39 is 11.9 Å². The summed E-state index contributed by atoms with van der Waals surface area (Å²) in [5, 5.41) is 0. The highest BCUT2D eigenvalue weighted by molar-refractivity contribution is 6.14. The molecular formula is C16H18O5. The molecule has 0 saturated carbocycles. The lowest BCUT2D eigenvalue weighted by atomic mass is 10.0. The molecule has 0 N–H and O–H groups in total. The van der Waals surface area contributed by atoms with Gasteiger partial charge in [0.2, 0.25) is 0 Å². The summed E-state index contributed by atoms with van der Waals surface area (Å²) >= 11 is 0. The molecule has 1 aromatic carbocycles. The van der Waals surface area contributed by atoms with Crippen LogP contribution in [-0.4, -0.2) is 32.3 Å². The fraction of sp³-hybridized carbons (Fsp3) is 0.375. The van der Waals surface area contributed by atoms with Crippen molar-refractivity contribution in [1.82, 2.24) is 0 Å². The molecule has 0 aliphatic carbocycles. The zero-order valence-electron chi connectivity index (χ0n) is 12.0. The van der Waals surface area contributed by atoms with Gasteiger partial charge in [0.25, 0.3) is 0 Å². The minimum atomic E-state index is -0.648. The number of carbonyl (C=O) groups excluding carboxylic acids is 2. The van der Waals surface area contributed by atoms with Crippen molar-refractivity contribution in [2.24, 2.45) is 0 Å². The van der Waals surface area contributed by atoms with Crippen LogP contribution in [0.2, 0.25) is 0 Å². The number of ether oxygens (including phenoxy) is 3. The van der Waals surface area contributed by atoms with Crippen molar-refractivity contribution in [3.05, 3.63) is 47.0 Å². The Bertz CT molecular complexity index is 525. The number of esters is 2. The van der Waals surface area contributed by atoms with E-state index in [-0.39, 0.29) is 12.2 Å². The third kappa shape index (κ3) is 4.16. The highest BCUT2D eigenvalue weighted by atomic mass is 16.5. The molecule has 1 aliphatic heterocycles. The first kappa shape index (κ1) is 15.3. The molecule has 0 atom stereocenters. The van der Waals surface area contributed by atoms with Crippen LogP contribution in [0, 0.1) is 0 Å². The number of rotatable bonds is 4. The van der Waals surface area contributed by atoms with Crippen molar-refractivity contribution in [2.45, 2.75) is 19.4 Å². The van der Waals surface area contributed by atoms with Crippen LogP contribution in [0.25, 0.3) is 0 Å². The molecular weight excluding hydrogens is 272 g/mol. The summed E-state index contributed by atoms with van der Waals surface area (Å²) in [4.78, 5) is 24.0. The lowest BCUT2D eigenvalue weighted by Crippen LogP contribution is -2.22. The molecule has 1 aliphatic rings. The minimum absolute atomic E-state index is 0.0109. The quantitative estimate of drug-likeness (QED) is 0.367. The van der Waals surface area contributed by atoms with Gasteiger partial charge in [0.15, 0.2) is 0 Å². The Morgan fingerprint density at radius 3 is 2.38 bits per heavy atom. The Morgan fingerprint density at radius 2 is 1.76 bits per heavy atom. The van der Waals surface area contributed by atoms with E-state index in [9.17, 15) is 9.59 Å². The summed E-state index contributed by atoms with van der Waals surface area (Å²) in [5.41, 5.74) is 1.62. The van der Waals surface area contributed by atoms with Gasteiger partial charge in [0.1, 0.15) is 12.2 Å². The molecule has 112 valence electrons. The van der Waals surface area contributed by atoms with Gasteiger partial charge in [-0.05, 0) is 24.0 Å². The third-order valence-corrected chi connectivity index (χ3v) is 3.26. The van der Waals surface area contributed by atoms with Crippen LogP contribution in [0.15, 0.2) is 41.5 Å². The zero-order chi connectivity index (χ0) is 15.1. The molecule has 1 fully saturated rings. The first-order valence-electron chi connectivity index (χ1n) is 6.81. The van der Waals surface area contributed by atoms with E-state index in [4.69, 9.17) is 14.2 Å². The second kappa shape index (κ2) is 7.59. The molecule has 0 amide bonds. The van der Waals surface area contributed by atoms with Crippen LogP contribution in [0.3, 0.4) is 0 Å². The van der Waals surface area contributed by atoms with E-state index in [1.807, 2.05) is 30.3 Å². The highest BCUT2D eigenvalue weighted by Crippen LogP contribution is 2.20.